The Labute approximate surface area is 125 Å². The van der Waals surface area contributed by atoms with Crippen LogP contribution >= 0.6 is 0 Å². The van der Waals surface area contributed by atoms with Crippen molar-refractivity contribution in [3.8, 4) is 0 Å². The van der Waals surface area contributed by atoms with Crippen LogP contribution in [0.1, 0.15) is 38.4 Å². The zero-order chi connectivity index (χ0) is 15.6. The molecule has 116 valence electrons. The largest absolute Gasteiger partial charge is 0.444 e. The van der Waals surface area contributed by atoms with Crippen molar-refractivity contribution < 1.29 is 13.9 Å². The molecule has 1 fully saturated rings. The van der Waals surface area contributed by atoms with E-state index in [0.29, 0.717) is 19.0 Å². The highest BCUT2D eigenvalue weighted by Gasteiger charge is 2.30. The van der Waals surface area contributed by atoms with Crippen LogP contribution < -0.4 is 0 Å². The van der Waals surface area contributed by atoms with Crippen LogP contribution in [0.3, 0.4) is 0 Å². The second kappa shape index (κ2) is 6.00. The van der Waals surface area contributed by atoms with Crippen LogP contribution in [0.15, 0.2) is 12.3 Å². The van der Waals surface area contributed by atoms with E-state index in [-0.39, 0.29) is 11.9 Å². The van der Waals surface area contributed by atoms with Crippen molar-refractivity contribution >= 4 is 6.09 Å². The first-order valence-electron chi connectivity index (χ1n) is 7.33. The SMILES string of the molecule is Cc1cc(F)cnc1CC1CCN(C(=O)OC(C)(C)C)C1. The van der Waals surface area contributed by atoms with E-state index < -0.39 is 5.60 Å². The molecule has 1 aliphatic rings. The zero-order valence-electron chi connectivity index (χ0n) is 13.1. The fourth-order valence-corrected chi connectivity index (χ4v) is 2.55. The van der Waals surface area contributed by atoms with Crippen LogP contribution in [0.25, 0.3) is 0 Å². The number of hydrogen-bond acceptors (Lipinski definition) is 3. The summed E-state index contributed by atoms with van der Waals surface area (Å²) in [6.07, 6.45) is 2.69. The van der Waals surface area contributed by atoms with Gasteiger partial charge in [0.15, 0.2) is 0 Å². The average molecular weight is 294 g/mol. The van der Waals surface area contributed by atoms with Gasteiger partial charge in [-0.3, -0.25) is 4.98 Å². The number of ether oxygens (including phenoxy) is 1. The molecule has 1 atom stereocenters. The predicted molar refractivity (Wildman–Crippen MR) is 78.6 cm³/mol. The third-order valence-electron chi connectivity index (χ3n) is 3.57. The summed E-state index contributed by atoms with van der Waals surface area (Å²) < 4.78 is 18.4. The van der Waals surface area contributed by atoms with Gasteiger partial charge in [-0.2, -0.15) is 0 Å². The Kier molecular flexibility index (Phi) is 4.49. The van der Waals surface area contributed by atoms with Crippen molar-refractivity contribution in [2.75, 3.05) is 13.1 Å². The van der Waals surface area contributed by atoms with Crippen LogP contribution in [0, 0.1) is 18.7 Å². The highest BCUT2D eigenvalue weighted by atomic mass is 19.1. The van der Waals surface area contributed by atoms with E-state index in [0.717, 1.165) is 24.1 Å². The molecule has 21 heavy (non-hydrogen) atoms. The van der Waals surface area contributed by atoms with Gasteiger partial charge >= 0.3 is 6.09 Å². The van der Waals surface area contributed by atoms with E-state index in [2.05, 4.69) is 4.98 Å². The number of aryl methyl sites for hydroxylation is 1. The summed E-state index contributed by atoms with van der Waals surface area (Å²) in [6.45, 7) is 8.85. The molecule has 2 heterocycles. The van der Waals surface area contributed by atoms with Gasteiger partial charge in [-0.05, 0) is 58.1 Å². The first-order valence-corrected chi connectivity index (χ1v) is 7.33. The molecule has 1 aromatic rings. The van der Waals surface area contributed by atoms with Gasteiger partial charge in [-0.15, -0.1) is 0 Å². The summed E-state index contributed by atoms with van der Waals surface area (Å²) >= 11 is 0. The van der Waals surface area contributed by atoms with E-state index in [1.807, 2.05) is 27.7 Å². The van der Waals surface area contributed by atoms with E-state index in [1.165, 1.54) is 12.3 Å². The van der Waals surface area contributed by atoms with Crippen LogP contribution in [-0.4, -0.2) is 34.7 Å². The lowest BCUT2D eigenvalue weighted by Gasteiger charge is -2.24. The summed E-state index contributed by atoms with van der Waals surface area (Å²) in [5.74, 6) is 0.0484. The Hall–Kier alpha value is -1.65. The summed E-state index contributed by atoms with van der Waals surface area (Å²) in [5, 5.41) is 0. The molecule has 1 unspecified atom stereocenters. The number of hydrogen-bond donors (Lipinski definition) is 0. The van der Waals surface area contributed by atoms with Gasteiger partial charge in [0.1, 0.15) is 11.4 Å². The summed E-state index contributed by atoms with van der Waals surface area (Å²) in [5.41, 5.74) is 1.31. The van der Waals surface area contributed by atoms with Crippen molar-refractivity contribution in [1.29, 1.82) is 0 Å². The highest BCUT2D eigenvalue weighted by Crippen LogP contribution is 2.23. The minimum atomic E-state index is -0.468. The minimum absolute atomic E-state index is 0.256. The first kappa shape index (κ1) is 15.7. The van der Waals surface area contributed by atoms with Crippen molar-refractivity contribution in [2.45, 2.75) is 46.1 Å². The number of carbonyl (C=O) groups excluding carboxylic acids is 1. The van der Waals surface area contributed by atoms with Crippen LogP contribution in [-0.2, 0) is 11.2 Å². The van der Waals surface area contributed by atoms with Gasteiger partial charge in [0.2, 0.25) is 0 Å². The number of halogens is 1. The smallest absolute Gasteiger partial charge is 0.410 e. The molecule has 0 spiro atoms. The van der Waals surface area contributed by atoms with Gasteiger partial charge in [-0.1, -0.05) is 0 Å². The van der Waals surface area contributed by atoms with Crippen molar-refractivity contribution in [3.05, 3.63) is 29.3 Å². The van der Waals surface area contributed by atoms with Gasteiger partial charge in [-0.25, -0.2) is 9.18 Å². The molecule has 1 amide bonds. The average Bonchev–Trinajstić information content (AvgIpc) is 2.79. The van der Waals surface area contributed by atoms with E-state index in [9.17, 15) is 9.18 Å². The van der Waals surface area contributed by atoms with Crippen molar-refractivity contribution in [2.24, 2.45) is 5.92 Å². The second-order valence-corrected chi connectivity index (χ2v) is 6.70. The molecule has 0 saturated carbocycles. The summed E-state index contributed by atoms with van der Waals surface area (Å²) in [4.78, 5) is 17.9. The van der Waals surface area contributed by atoms with Gasteiger partial charge in [0, 0.05) is 18.8 Å². The molecule has 4 nitrogen and oxygen atoms in total. The maximum absolute atomic E-state index is 13.1. The zero-order valence-corrected chi connectivity index (χ0v) is 13.1. The number of likely N-dealkylation sites (tertiary alicyclic amines) is 1. The fourth-order valence-electron chi connectivity index (χ4n) is 2.55. The number of amides is 1. The van der Waals surface area contributed by atoms with Crippen molar-refractivity contribution in [1.82, 2.24) is 9.88 Å². The molecule has 1 aromatic heterocycles. The van der Waals surface area contributed by atoms with Gasteiger partial charge in [0.25, 0.3) is 0 Å². The molecule has 5 heteroatoms. The standard InChI is InChI=1S/C16H23FN2O2/c1-11-7-13(17)9-18-14(11)8-12-5-6-19(10-12)15(20)21-16(2,3)4/h7,9,12H,5-6,8,10H2,1-4H3. The molecular formula is C16H23FN2O2. The van der Waals surface area contributed by atoms with E-state index >= 15 is 0 Å². The molecule has 0 N–H and O–H groups in total. The summed E-state index contributed by atoms with van der Waals surface area (Å²) in [7, 11) is 0. The lowest BCUT2D eigenvalue weighted by Crippen LogP contribution is -2.35. The molecule has 1 aliphatic heterocycles. The molecule has 2 rings (SSSR count). The number of carbonyl (C=O) groups is 1. The second-order valence-electron chi connectivity index (χ2n) is 6.70. The maximum Gasteiger partial charge on any atom is 0.410 e. The number of aromatic nitrogens is 1. The molecule has 0 aliphatic carbocycles. The minimum Gasteiger partial charge on any atom is -0.444 e. The quantitative estimate of drug-likeness (QED) is 0.840. The normalized spacial score (nSPS) is 18.9. The molecular weight excluding hydrogens is 271 g/mol. The van der Waals surface area contributed by atoms with Crippen LogP contribution in [0.2, 0.25) is 0 Å². The third-order valence-corrected chi connectivity index (χ3v) is 3.57. The molecule has 0 bridgehead atoms. The third kappa shape index (κ3) is 4.41. The predicted octanol–water partition coefficient (Wildman–Crippen LogP) is 3.33. The Balaban J connectivity index is 1.92. The molecule has 0 aromatic carbocycles. The fraction of sp³-hybridized carbons (Fsp3) is 0.625. The molecule has 1 saturated heterocycles. The van der Waals surface area contributed by atoms with Crippen LogP contribution in [0.4, 0.5) is 9.18 Å². The molecule has 0 radical (unpaired) electrons. The highest BCUT2D eigenvalue weighted by molar-refractivity contribution is 5.68. The number of nitrogens with zero attached hydrogens (tertiary/aromatic N) is 2. The lowest BCUT2D eigenvalue weighted by atomic mass is 10.00. The Morgan fingerprint density at radius 3 is 2.86 bits per heavy atom. The maximum atomic E-state index is 13.1. The van der Waals surface area contributed by atoms with E-state index in [4.69, 9.17) is 4.74 Å². The number of rotatable bonds is 2. The lowest BCUT2D eigenvalue weighted by molar-refractivity contribution is 0.0288. The topological polar surface area (TPSA) is 42.4 Å². The van der Waals surface area contributed by atoms with E-state index in [1.54, 1.807) is 4.90 Å². The Bertz CT molecular complexity index is 525. The first-order chi connectivity index (χ1) is 9.74. The number of pyridine rings is 1. The van der Waals surface area contributed by atoms with Gasteiger partial charge in [0.05, 0.1) is 6.20 Å². The Morgan fingerprint density at radius 1 is 1.52 bits per heavy atom. The van der Waals surface area contributed by atoms with Crippen molar-refractivity contribution in [3.63, 3.8) is 0 Å². The summed E-state index contributed by atoms with van der Waals surface area (Å²) in [6, 6.07) is 1.50. The van der Waals surface area contributed by atoms with Gasteiger partial charge < -0.3 is 9.64 Å². The Morgan fingerprint density at radius 2 is 2.24 bits per heavy atom. The monoisotopic (exact) mass is 294 g/mol. The van der Waals surface area contributed by atoms with Crippen LogP contribution in [0.5, 0.6) is 0 Å².